The largest absolute Gasteiger partial charge is 0.461 e. The van der Waals surface area contributed by atoms with E-state index in [-0.39, 0.29) is 17.4 Å². The average molecular weight is 372 g/mol. The van der Waals surface area contributed by atoms with E-state index in [2.05, 4.69) is 72.8 Å². The third-order valence-electron chi connectivity index (χ3n) is 4.81. The Labute approximate surface area is 161 Å². The lowest BCUT2D eigenvalue weighted by Crippen LogP contribution is -2.28. The van der Waals surface area contributed by atoms with Crippen LogP contribution in [0.1, 0.15) is 17.0 Å². The van der Waals surface area contributed by atoms with Crippen LogP contribution in [-0.2, 0) is 0 Å². The number of allylic oxidation sites excluding steroid dienone is 4. The zero-order valence-electron chi connectivity index (χ0n) is 14.9. The predicted molar refractivity (Wildman–Crippen MR) is 112 cm³/mol. The van der Waals surface area contributed by atoms with E-state index >= 15 is 0 Å². The molecule has 0 fully saturated rings. The van der Waals surface area contributed by atoms with Crippen molar-refractivity contribution in [2.24, 2.45) is 5.92 Å². The summed E-state index contributed by atoms with van der Waals surface area (Å²) < 4.78 is 5.37. The molecule has 2 aromatic carbocycles. The van der Waals surface area contributed by atoms with Gasteiger partial charge in [0.25, 0.3) is 0 Å². The lowest BCUT2D eigenvalue weighted by Gasteiger charge is -2.31. The van der Waals surface area contributed by atoms with Crippen molar-refractivity contribution in [2.45, 2.75) is 12.1 Å². The van der Waals surface area contributed by atoms with Crippen LogP contribution in [0.2, 0.25) is 0 Å². The summed E-state index contributed by atoms with van der Waals surface area (Å²) in [7, 11) is -0.699. The third-order valence-corrected chi connectivity index (χ3v) is 7.71. The van der Waals surface area contributed by atoms with Gasteiger partial charge in [-0.15, -0.1) is 0 Å². The highest BCUT2D eigenvalue weighted by Gasteiger charge is 2.32. The van der Waals surface area contributed by atoms with Crippen LogP contribution >= 0.6 is 7.92 Å². The van der Waals surface area contributed by atoms with Crippen LogP contribution in [0.25, 0.3) is 0 Å². The molecule has 0 saturated heterocycles. The quantitative estimate of drug-likeness (QED) is 0.427. The molecule has 1 heterocycles. The molecule has 134 valence electrons. The molecular formula is C24H21O2P. The molecule has 1 aliphatic carbocycles. The first kappa shape index (κ1) is 17.7. The van der Waals surface area contributed by atoms with E-state index in [0.717, 1.165) is 0 Å². The van der Waals surface area contributed by atoms with Gasteiger partial charge in [0.05, 0.1) is 6.26 Å². The Morgan fingerprint density at radius 2 is 1.44 bits per heavy atom. The molecule has 0 saturated carbocycles. The highest BCUT2D eigenvalue weighted by Crippen LogP contribution is 2.46. The van der Waals surface area contributed by atoms with Gasteiger partial charge in [-0.2, -0.15) is 0 Å². The molecule has 0 amide bonds. The van der Waals surface area contributed by atoms with Gasteiger partial charge in [0.2, 0.25) is 0 Å². The topological polar surface area (TPSA) is 30.2 Å². The Morgan fingerprint density at radius 1 is 0.852 bits per heavy atom. The number of carbonyl (C=O) groups excluding carboxylic acids is 1. The Bertz CT molecular complexity index is 876. The molecule has 3 heteroatoms. The van der Waals surface area contributed by atoms with Crippen molar-refractivity contribution in [3.63, 3.8) is 0 Å². The minimum atomic E-state index is -0.699. The van der Waals surface area contributed by atoms with Gasteiger partial charge in [0.1, 0.15) is 0 Å². The van der Waals surface area contributed by atoms with Crippen molar-refractivity contribution in [3.05, 3.63) is 109 Å². The third kappa shape index (κ3) is 4.02. The molecule has 0 radical (unpaired) electrons. The Hall–Kier alpha value is -2.70. The summed E-state index contributed by atoms with van der Waals surface area (Å²) >= 11 is 0. The van der Waals surface area contributed by atoms with Gasteiger partial charge in [0, 0.05) is 18.0 Å². The first-order chi connectivity index (χ1) is 13.3. The molecular weight excluding hydrogens is 351 g/mol. The van der Waals surface area contributed by atoms with Crippen LogP contribution in [0, 0.1) is 5.92 Å². The minimum absolute atomic E-state index is 0.0677. The number of carbonyl (C=O) groups is 1. The summed E-state index contributed by atoms with van der Waals surface area (Å²) in [5, 5.41) is 2.59. The summed E-state index contributed by atoms with van der Waals surface area (Å²) in [6.45, 7) is 0. The first-order valence-corrected chi connectivity index (χ1v) is 10.5. The lowest BCUT2D eigenvalue weighted by molar-refractivity contribution is 0.0953. The van der Waals surface area contributed by atoms with Crippen molar-refractivity contribution < 1.29 is 9.21 Å². The van der Waals surface area contributed by atoms with Crippen molar-refractivity contribution in [3.8, 4) is 0 Å². The highest BCUT2D eigenvalue weighted by atomic mass is 31.1. The van der Waals surface area contributed by atoms with E-state index < -0.39 is 7.92 Å². The van der Waals surface area contributed by atoms with Crippen molar-refractivity contribution in [1.82, 2.24) is 0 Å². The fourth-order valence-corrected chi connectivity index (χ4v) is 6.48. The van der Waals surface area contributed by atoms with Gasteiger partial charge >= 0.3 is 0 Å². The van der Waals surface area contributed by atoms with Crippen LogP contribution in [0.15, 0.2) is 108 Å². The van der Waals surface area contributed by atoms with Crippen LogP contribution in [0.3, 0.4) is 0 Å². The average Bonchev–Trinajstić information content (AvgIpc) is 3.43. The standard InChI is InChI=1S/C24H21O2P/c25-22(23-16-9-17-26-23)18-24(19-10-7-8-11-19)27(20-12-3-1-4-13-20)21-14-5-2-6-15-21/h1-17,19,24H,18H2/t24-/m1/s1. The molecule has 3 aromatic rings. The molecule has 1 atom stereocenters. The van der Waals surface area contributed by atoms with Crippen LogP contribution in [-0.4, -0.2) is 11.4 Å². The molecule has 0 spiro atoms. The number of Topliss-reactive ketones (excluding diaryl/α,β-unsaturated/α-hetero) is 1. The molecule has 27 heavy (non-hydrogen) atoms. The van der Waals surface area contributed by atoms with Gasteiger partial charge in [0.15, 0.2) is 11.5 Å². The van der Waals surface area contributed by atoms with E-state index in [1.54, 1.807) is 18.4 Å². The molecule has 0 bridgehead atoms. The number of benzene rings is 2. The normalized spacial score (nSPS) is 14.7. The zero-order valence-corrected chi connectivity index (χ0v) is 15.8. The fraction of sp³-hybridized carbons (Fsp3) is 0.125. The minimum Gasteiger partial charge on any atom is -0.461 e. The summed E-state index contributed by atoms with van der Waals surface area (Å²) in [5.41, 5.74) is 0.178. The second-order valence-corrected chi connectivity index (χ2v) is 9.00. The van der Waals surface area contributed by atoms with Crippen LogP contribution < -0.4 is 10.6 Å². The molecule has 0 unspecified atom stereocenters. The van der Waals surface area contributed by atoms with E-state index in [0.29, 0.717) is 12.2 Å². The molecule has 4 rings (SSSR count). The number of rotatable bonds is 7. The van der Waals surface area contributed by atoms with Gasteiger partial charge in [-0.1, -0.05) is 85.0 Å². The molecule has 2 nitrogen and oxygen atoms in total. The summed E-state index contributed by atoms with van der Waals surface area (Å²) in [6.07, 6.45) is 10.6. The number of hydrogen-bond acceptors (Lipinski definition) is 2. The van der Waals surface area contributed by atoms with Crippen LogP contribution in [0.4, 0.5) is 0 Å². The smallest absolute Gasteiger partial charge is 0.198 e. The van der Waals surface area contributed by atoms with Crippen molar-refractivity contribution in [2.75, 3.05) is 0 Å². The van der Waals surface area contributed by atoms with E-state index in [9.17, 15) is 4.79 Å². The van der Waals surface area contributed by atoms with Gasteiger partial charge in [-0.3, -0.25) is 4.79 Å². The Kier molecular flexibility index (Phi) is 5.46. The number of ketones is 1. The highest BCUT2D eigenvalue weighted by molar-refractivity contribution is 7.73. The SMILES string of the molecule is O=C(C[C@H](C1C=CC=C1)P(c1ccccc1)c1ccccc1)c1ccco1. The van der Waals surface area contributed by atoms with E-state index in [1.165, 1.54) is 10.6 Å². The maximum atomic E-state index is 12.9. The first-order valence-electron chi connectivity index (χ1n) is 9.14. The maximum absolute atomic E-state index is 12.9. The molecule has 0 N–H and O–H groups in total. The monoisotopic (exact) mass is 372 g/mol. The molecule has 0 aliphatic heterocycles. The Balaban J connectivity index is 1.75. The molecule has 1 aromatic heterocycles. The van der Waals surface area contributed by atoms with E-state index in [4.69, 9.17) is 4.42 Å². The van der Waals surface area contributed by atoms with Gasteiger partial charge < -0.3 is 4.42 Å². The zero-order chi connectivity index (χ0) is 18.5. The second kappa shape index (κ2) is 8.33. The van der Waals surface area contributed by atoms with Gasteiger partial charge in [-0.25, -0.2) is 0 Å². The van der Waals surface area contributed by atoms with Crippen molar-refractivity contribution >= 4 is 24.3 Å². The van der Waals surface area contributed by atoms with Gasteiger partial charge in [-0.05, 0) is 30.7 Å². The van der Waals surface area contributed by atoms with Crippen LogP contribution in [0.5, 0.6) is 0 Å². The van der Waals surface area contributed by atoms with Crippen molar-refractivity contribution in [1.29, 1.82) is 0 Å². The van der Waals surface area contributed by atoms with E-state index in [1.807, 2.05) is 12.1 Å². The summed E-state index contributed by atoms with van der Waals surface area (Å²) in [5.74, 6) is 0.760. The second-order valence-electron chi connectivity index (χ2n) is 6.56. The predicted octanol–water partition coefficient (Wildman–Crippen LogP) is 5.10. The number of furan rings is 1. The fourth-order valence-electron chi connectivity index (χ4n) is 3.54. The maximum Gasteiger partial charge on any atom is 0.198 e. The lowest BCUT2D eigenvalue weighted by atomic mass is 10.0. The summed E-state index contributed by atoms with van der Waals surface area (Å²) in [6, 6.07) is 24.7. The summed E-state index contributed by atoms with van der Waals surface area (Å²) in [4.78, 5) is 12.9. The Morgan fingerprint density at radius 3 is 1.96 bits per heavy atom. The number of hydrogen-bond donors (Lipinski definition) is 0. The molecule has 1 aliphatic rings.